The number of hydrogen-bond acceptors (Lipinski definition) is 4. The van der Waals surface area contributed by atoms with Crippen LogP contribution in [-0.4, -0.2) is 79.4 Å². The molecule has 1 aliphatic heterocycles. The third-order valence-corrected chi connectivity index (χ3v) is 7.20. The van der Waals surface area contributed by atoms with Crippen molar-refractivity contribution in [2.45, 2.75) is 40.2 Å². The number of nitrogens with one attached hydrogen (secondary N) is 1. The van der Waals surface area contributed by atoms with E-state index >= 15 is 0 Å². The van der Waals surface area contributed by atoms with Gasteiger partial charge in [0.05, 0.1) is 12.0 Å². The fourth-order valence-corrected chi connectivity index (χ4v) is 4.87. The zero-order chi connectivity index (χ0) is 27.4. The van der Waals surface area contributed by atoms with Gasteiger partial charge in [-0.1, -0.05) is 69.3 Å². The minimum atomic E-state index is -0.340. The van der Waals surface area contributed by atoms with E-state index < -0.39 is 0 Å². The molecule has 6 nitrogen and oxygen atoms in total. The van der Waals surface area contributed by atoms with Crippen LogP contribution in [0.3, 0.4) is 0 Å². The summed E-state index contributed by atoms with van der Waals surface area (Å²) in [5.41, 5.74) is 4.01. The molecule has 0 fully saturated rings. The van der Waals surface area contributed by atoms with Gasteiger partial charge in [-0.05, 0) is 55.8 Å². The summed E-state index contributed by atoms with van der Waals surface area (Å²) in [5, 5.41) is 3.90. The number of hydrogen-bond donors (Lipinski definition) is 1. The summed E-state index contributed by atoms with van der Waals surface area (Å²) in [6, 6.07) is 5.48. The normalized spacial score (nSPS) is 17.1. The number of rotatable bonds is 14. The molecule has 2 amide bonds. The standard InChI is InChI=1S/C30H43ClN4O2/c1-7-11-12-25(19-23(5)30(37)34(10-4)18-17-33(8-2)9-3)29-20-24(15-16-35(29)22-36)27-21-26(31)13-14-28(27)32-6/h7,11-14,19-23,29,32H,1,8-10,15-18H2,2-6H3/b12-11-,25-19+. The molecule has 0 saturated carbocycles. The van der Waals surface area contributed by atoms with Crippen LogP contribution in [0.4, 0.5) is 5.69 Å². The maximum Gasteiger partial charge on any atom is 0.229 e. The molecule has 0 saturated heterocycles. The lowest BCUT2D eigenvalue weighted by Gasteiger charge is -2.34. The molecule has 0 spiro atoms. The molecule has 1 aromatic rings. The Kier molecular flexibility index (Phi) is 12.7. The highest BCUT2D eigenvalue weighted by Gasteiger charge is 2.26. The lowest BCUT2D eigenvalue weighted by Crippen LogP contribution is -2.41. The van der Waals surface area contributed by atoms with E-state index in [1.54, 1.807) is 11.0 Å². The first-order chi connectivity index (χ1) is 17.8. The van der Waals surface area contributed by atoms with Crippen LogP contribution in [0, 0.1) is 5.92 Å². The minimum absolute atomic E-state index is 0.0872. The summed E-state index contributed by atoms with van der Waals surface area (Å²) >= 11 is 6.33. The number of likely N-dealkylation sites (N-methyl/N-ethyl adjacent to an activating group) is 2. The first-order valence-electron chi connectivity index (χ1n) is 13.2. The lowest BCUT2D eigenvalue weighted by atomic mass is 9.90. The summed E-state index contributed by atoms with van der Waals surface area (Å²) in [6.07, 6.45) is 11.2. The first kappa shape index (κ1) is 30.4. The van der Waals surface area contributed by atoms with E-state index in [-0.39, 0.29) is 17.9 Å². The third kappa shape index (κ3) is 8.34. The predicted octanol–water partition coefficient (Wildman–Crippen LogP) is 5.49. The fourth-order valence-electron chi connectivity index (χ4n) is 4.69. The maximum absolute atomic E-state index is 13.4. The number of carbonyl (C=O) groups excluding carboxylic acids is 2. The largest absolute Gasteiger partial charge is 0.388 e. The number of amides is 2. The second-order valence-corrected chi connectivity index (χ2v) is 9.60. The SMILES string of the molecule is C=C/C=C\C(=C/C(C)C(=O)N(CC)CCN(CC)CC)C1C=C(c2cc(Cl)ccc2NC)CCN1C=O. The van der Waals surface area contributed by atoms with Crippen molar-refractivity contribution >= 4 is 35.2 Å². The molecule has 2 atom stereocenters. The van der Waals surface area contributed by atoms with Gasteiger partial charge in [0.15, 0.2) is 0 Å². The molecule has 202 valence electrons. The van der Waals surface area contributed by atoms with E-state index in [9.17, 15) is 9.59 Å². The van der Waals surface area contributed by atoms with Gasteiger partial charge in [0, 0.05) is 49.5 Å². The molecule has 37 heavy (non-hydrogen) atoms. The van der Waals surface area contributed by atoms with Crippen molar-refractivity contribution in [1.82, 2.24) is 14.7 Å². The van der Waals surface area contributed by atoms with Crippen molar-refractivity contribution in [3.05, 3.63) is 71.3 Å². The molecular formula is C30H43ClN4O2. The summed E-state index contributed by atoms with van der Waals surface area (Å²) in [7, 11) is 1.89. The average molecular weight is 527 g/mol. The second-order valence-electron chi connectivity index (χ2n) is 9.16. The van der Waals surface area contributed by atoms with Crippen molar-refractivity contribution in [3.8, 4) is 0 Å². The van der Waals surface area contributed by atoms with Gasteiger partial charge in [-0.3, -0.25) is 9.59 Å². The first-order valence-corrected chi connectivity index (χ1v) is 13.6. The van der Waals surface area contributed by atoms with E-state index in [0.29, 0.717) is 31.1 Å². The van der Waals surface area contributed by atoms with Gasteiger partial charge in [-0.2, -0.15) is 0 Å². The molecule has 2 unspecified atom stereocenters. The van der Waals surface area contributed by atoms with Crippen molar-refractivity contribution < 1.29 is 9.59 Å². The molecule has 0 aliphatic carbocycles. The number of carbonyl (C=O) groups is 2. The molecule has 1 aromatic carbocycles. The van der Waals surface area contributed by atoms with Gasteiger partial charge in [-0.25, -0.2) is 0 Å². The molecule has 2 rings (SSSR count). The maximum atomic E-state index is 13.4. The molecule has 0 aromatic heterocycles. The van der Waals surface area contributed by atoms with Crippen molar-refractivity contribution in [2.75, 3.05) is 51.6 Å². The Morgan fingerprint density at radius 1 is 1.24 bits per heavy atom. The molecule has 1 aliphatic rings. The third-order valence-electron chi connectivity index (χ3n) is 6.96. The van der Waals surface area contributed by atoms with Gasteiger partial charge in [0.1, 0.15) is 0 Å². The smallest absolute Gasteiger partial charge is 0.229 e. The van der Waals surface area contributed by atoms with Crippen LogP contribution in [0.1, 0.15) is 39.7 Å². The Hall–Kier alpha value is -2.83. The summed E-state index contributed by atoms with van der Waals surface area (Å²) in [4.78, 5) is 31.5. The van der Waals surface area contributed by atoms with E-state index in [0.717, 1.165) is 48.4 Å². The van der Waals surface area contributed by atoms with Crippen LogP contribution in [0.2, 0.25) is 5.02 Å². The summed E-state index contributed by atoms with van der Waals surface area (Å²) in [6.45, 7) is 16.7. The van der Waals surface area contributed by atoms with Crippen LogP contribution in [0.25, 0.3) is 5.57 Å². The highest BCUT2D eigenvalue weighted by molar-refractivity contribution is 6.30. The Bertz CT molecular complexity index is 1010. The van der Waals surface area contributed by atoms with E-state index in [4.69, 9.17) is 11.6 Å². The quantitative estimate of drug-likeness (QED) is 0.257. The van der Waals surface area contributed by atoms with E-state index in [1.165, 1.54) is 0 Å². The highest BCUT2D eigenvalue weighted by Crippen LogP contribution is 2.34. The van der Waals surface area contributed by atoms with E-state index in [1.807, 2.05) is 62.2 Å². The van der Waals surface area contributed by atoms with Crippen LogP contribution in [0.15, 0.2) is 60.7 Å². The Labute approximate surface area is 228 Å². The van der Waals surface area contributed by atoms with Crippen LogP contribution < -0.4 is 5.32 Å². The molecule has 1 heterocycles. The van der Waals surface area contributed by atoms with Crippen LogP contribution >= 0.6 is 11.6 Å². The topological polar surface area (TPSA) is 55.9 Å². The van der Waals surface area contributed by atoms with Crippen LogP contribution in [0.5, 0.6) is 0 Å². The molecule has 0 bridgehead atoms. The number of anilines is 1. The molecular weight excluding hydrogens is 484 g/mol. The van der Waals surface area contributed by atoms with Crippen molar-refractivity contribution in [2.24, 2.45) is 5.92 Å². The monoisotopic (exact) mass is 526 g/mol. The molecule has 0 radical (unpaired) electrons. The number of halogens is 1. The minimum Gasteiger partial charge on any atom is -0.388 e. The zero-order valence-electron chi connectivity index (χ0n) is 23.0. The molecule has 7 heteroatoms. The summed E-state index contributed by atoms with van der Waals surface area (Å²) in [5.74, 6) is -0.253. The summed E-state index contributed by atoms with van der Waals surface area (Å²) < 4.78 is 0. The highest BCUT2D eigenvalue weighted by atomic mass is 35.5. The van der Waals surface area contributed by atoms with Gasteiger partial charge in [-0.15, -0.1) is 0 Å². The van der Waals surface area contributed by atoms with Gasteiger partial charge in [0.2, 0.25) is 12.3 Å². The number of allylic oxidation sites excluding steroid dienone is 2. The Balaban J connectivity index is 2.43. The van der Waals surface area contributed by atoms with Crippen molar-refractivity contribution in [1.29, 1.82) is 0 Å². The predicted molar refractivity (Wildman–Crippen MR) is 157 cm³/mol. The van der Waals surface area contributed by atoms with Gasteiger partial charge in [0.25, 0.3) is 0 Å². The fraction of sp³-hybridized carbons (Fsp3) is 0.467. The second kappa shape index (κ2) is 15.4. The lowest BCUT2D eigenvalue weighted by molar-refractivity contribution is -0.133. The van der Waals surface area contributed by atoms with Gasteiger partial charge >= 0.3 is 0 Å². The Morgan fingerprint density at radius 3 is 2.57 bits per heavy atom. The van der Waals surface area contributed by atoms with Crippen LogP contribution in [-0.2, 0) is 9.59 Å². The zero-order valence-corrected chi connectivity index (χ0v) is 23.8. The van der Waals surface area contributed by atoms with Gasteiger partial charge < -0.3 is 20.0 Å². The van der Waals surface area contributed by atoms with E-state index in [2.05, 4.69) is 36.7 Å². The average Bonchev–Trinajstić information content (AvgIpc) is 2.92. The number of nitrogens with zero attached hydrogens (tertiary/aromatic N) is 3. The van der Waals surface area contributed by atoms with Crippen molar-refractivity contribution in [3.63, 3.8) is 0 Å². The Morgan fingerprint density at radius 2 is 1.97 bits per heavy atom. The number of benzene rings is 1. The molecule has 1 N–H and O–H groups in total.